The Balaban J connectivity index is 1.70. The molecule has 5 heteroatoms. The van der Waals surface area contributed by atoms with E-state index in [2.05, 4.69) is 52.7 Å². The van der Waals surface area contributed by atoms with E-state index in [0.717, 1.165) is 40.7 Å². The van der Waals surface area contributed by atoms with Crippen LogP contribution < -0.4 is 14.8 Å². The zero-order chi connectivity index (χ0) is 20.0. The SMILES string of the molecule is COc1cc2c(cc1OC)[C@H]1c3ccccc3N[C@H](c3ccccc3Cl)N1CC2. The molecule has 0 saturated carbocycles. The maximum absolute atomic E-state index is 6.60. The fraction of sp³-hybridized carbons (Fsp3) is 0.250. The molecule has 1 N–H and O–H groups in total. The molecule has 3 aromatic rings. The minimum Gasteiger partial charge on any atom is -0.493 e. The van der Waals surface area contributed by atoms with Crippen molar-refractivity contribution in [3.63, 3.8) is 0 Å². The highest BCUT2D eigenvalue weighted by molar-refractivity contribution is 6.31. The van der Waals surface area contributed by atoms with Gasteiger partial charge in [0.15, 0.2) is 11.5 Å². The van der Waals surface area contributed by atoms with Gasteiger partial charge in [0.25, 0.3) is 0 Å². The Morgan fingerprint density at radius 1 is 0.897 bits per heavy atom. The van der Waals surface area contributed by atoms with Crippen LogP contribution in [0.4, 0.5) is 5.69 Å². The Morgan fingerprint density at radius 3 is 2.34 bits per heavy atom. The van der Waals surface area contributed by atoms with Crippen LogP contribution in [0, 0.1) is 0 Å². The van der Waals surface area contributed by atoms with Crippen LogP contribution in [-0.2, 0) is 6.42 Å². The van der Waals surface area contributed by atoms with Gasteiger partial charge in [-0.2, -0.15) is 0 Å². The summed E-state index contributed by atoms with van der Waals surface area (Å²) in [5, 5.41) is 4.50. The average Bonchev–Trinajstić information content (AvgIpc) is 2.77. The summed E-state index contributed by atoms with van der Waals surface area (Å²) >= 11 is 6.60. The van der Waals surface area contributed by atoms with Gasteiger partial charge in [-0.3, -0.25) is 4.90 Å². The fourth-order valence-corrected chi connectivity index (χ4v) is 4.88. The zero-order valence-electron chi connectivity index (χ0n) is 16.5. The Labute approximate surface area is 176 Å². The molecular formula is C24H23ClN2O2. The smallest absolute Gasteiger partial charge is 0.161 e. The van der Waals surface area contributed by atoms with E-state index in [-0.39, 0.29) is 12.2 Å². The molecule has 3 aromatic carbocycles. The lowest BCUT2D eigenvalue weighted by molar-refractivity contribution is 0.153. The van der Waals surface area contributed by atoms with Crippen molar-refractivity contribution in [2.45, 2.75) is 18.6 Å². The van der Waals surface area contributed by atoms with Crippen molar-refractivity contribution < 1.29 is 9.47 Å². The lowest BCUT2D eigenvalue weighted by Crippen LogP contribution is -2.45. The monoisotopic (exact) mass is 406 g/mol. The van der Waals surface area contributed by atoms with Crippen LogP contribution >= 0.6 is 11.6 Å². The van der Waals surface area contributed by atoms with Crippen LogP contribution in [0.2, 0.25) is 5.02 Å². The molecule has 0 amide bonds. The van der Waals surface area contributed by atoms with Crippen LogP contribution in [0.3, 0.4) is 0 Å². The molecule has 0 bridgehead atoms. The van der Waals surface area contributed by atoms with Gasteiger partial charge in [0.05, 0.1) is 20.3 Å². The molecule has 148 valence electrons. The minimum atomic E-state index is 0.00449. The first-order valence-corrected chi connectivity index (χ1v) is 10.2. The molecule has 0 saturated heterocycles. The van der Waals surface area contributed by atoms with Gasteiger partial charge in [0.2, 0.25) is 0 Å². The van der Waals surface area contributed by atoms with Gasteiger partial charge in [-0.05, 0) is 47.4 Å². The van der Waals surface area contributed by atoms with Crippen molar-refractivity contribution in [1.29, 1.82) is 0 Å². The number of rotatable bonds is 3. The summed E-state index contributed by atoms with van der Waals surface area (Å²) in [5.41, 5.74) is 6.07. The maximum Gasteiger partial charge on any atom is 0.161 e. The number of benzene rings is 3. The summed E-state index contributed by atoms with van der Waals surface area (Å²) in [5.74, 6) is 1.54. The van der Waals surface area contributed by atoms with Crippen molar-refractivity contribution in [2.75, 3.05) is 26.1 Å². The Morgan fingerprint density at radius 2 is 1.59 bits per heavy atom. The van der Waals surface area contributed by atoms with E-state index in [1.807, 2.05) is 18.2 Å². The zero-order valence-corrected chi connectivity index (χ0v) is 17.2. The van der Waals surface area contributed by atoms with E-state index in [4.69, 9.17) is 21.1 Å². The molecule has 2 aliphatic rings. The molecule has 0 unspecified atom stereocenters. The standard InChI is InChI=1S/C24H23ClN2O2/c1-28-21-13-15-11-12-27-23(18(15)14-22(21)29-2)17-8-4-6-10-20(17)26-24(27)16-7-3-5-9-19(16)25/h3-10,13-14,23-24,26H,11-12H2,1-2H3/t23-,24+/m1/s1. The largest absolute Gasteiger partial charge is 0.493 e. The second-order valence-electron chi connectivity index (χ2n) is 7.45. The molecule has 0 aliphatic carbocycles. The van der Waals surface area contributed by atoms with E-state index in [1.165, 1.54) is 16.7 Å². The first-order chi connectivity index (χ1) is 14.2. The molecule has 2 heterocycles. The van der Waals surface area contributed by atoms with Crippen LogP contribution in [0.25, 0.3) is 0 Å². The molecule has 2 atom stereocenters. The van der Waals surface area contributed by atoms with E-state index >= 15 is 0 Å². The van der Waals surface area contributed by atoms with Gasteiger partial charge in [-0.15, -0.1) is 0 Å². The third-order valence-corrected chi connectivity index (χ3v) is 6.33. The first-order valence-electron chi connectivity index (χ1n) is 9.81. The first kappa shape index (κ1) is 18.3. The summed E-state index contributed by atoms with van der Waals surface area (Å²) in [6, 6.07) is 21.0. The van der Waals surface area contributed by atoms with Crippen LogP contribution in [-0.4, -0.2) is 25.7 Å². The summed E-state index contributed by atoms with van der Waals surface area (Å²) in [4.78, 5) is 2.50. The van der Waals surface area contributed by atoms with E-state index in [0.29, 0.717) is 0 Å². The number of nitrogens with one attached hydrogen (secondary N) is 1. The van der Waals surface area contributed by atoms with Gasteiger partial charge in [0, 0.05) is 22.8 Å². The summed E-state index contributed by atoms with van der Waals surface area (Å²) in [7, 11) is 3.38. The van der Waals surface area contributed by atoms with E-state index < -0.39 is 0 Å². The highest BCUT2D eigenvalue weighted by atomic mass is 35.5. The number of hydrogen-bond donors (Lipinski definition) is 1. The number of fused-ring (bicyclic) bond motifs is 5. The van der Waals surface area contributed by atoms with Gasteiger partial charge >= 0.3 is 0 Å². The second kappa shape index (κ2) is 7.29. The third-order valence-electron chi connectivity index (χ3n) is 5.99. The summed E-state index contributed by atoms with van der Waals surface area (Å²) in [6.45, 7) is 0.921. The third kappa shape index (κ3) is 2.95. The fourth-order valence-electron chi connectivity index (χ4n) is 4.64. The quantitative estimate of drug-likeness (QED) is 0.628. The normalized spacial score (nSPS) is 20.1. The molecule has 4 nitrogen and oxygen atoms in total. The number of anilines is 1. The maximum atomic E-state index is 6.60. The number of halogens is 1. The van der Waals surface area contributed by atoms with E-state index in [9.17, 15) is 0 Å². The molecular weight excluding hydrogens is 384 g/mol. The second-order valence-corrected chi connectivity index (χ2v) is 7.86. The van der Waals surface area contributed by atoms with Gasteiger partial charge in [-0.1, -0.05) is 48.0 Å². The Kier molecular flexibility index (Phi) is 4.61. The lowest BCUT2D eigenvalue weighted by atomic mass is 9.84. The molecule has 0 radical (unpaired) electrons. The van der Waals surface area contributed by atoms with Crippen LogP contribution in [0.5, 0.6) is 11.5 Å². The number of hydrogen-bond acceptors (Lipinski definition) is 4. The molecule has 5 rings (SSSR count). The van der Waals surface area contributed by atoms with Crippen molar-refractivity contribution in [3.8, 4) is 11.5 Å². The molecule has 2 aliphatic heterocycles. The van der Waals surface area contributed by atoms with Crippen molar-refractivity contribution >= 4 is 17.3 Å². The van der Waals surface area contributed by atoms with Gasteiger partial charge in [0.1, 0.15) is 6.17 Å². The Bertz CT molecular complexity index is 1070. The van der Waals surface area contributed by atoms with E-state index in [1.54, 1.807) is 14.2 Å². The van der Waals surface area contributed by atoms with Crippen LogP contribution in [0.15, 0.2) is 60.7 Å². The number of ether oxygens (including phenoxy) is 2. The predicted octanol–water partition coefficient (Wildman–Crippen LogP) is 5.43. The summed E-state index contributed by atoms with van der Waals surface area (Å²) < 4.78 is 11.2. The molecule has 29 heavy (non-hydrogen) atoms. The topological polar surface area (TPSA) is 33.7 Å². The molecule has 0 fully saturated rings. The number of methoxy groups -OCH3 is 2. The van der Waals surface area contributed by atoms with Crippen molar-refractivity contribution in [2.24, 2.45) is 0 Å². The highest BCUT2D eigenvalue weighted by Gasteiger charge is 2.40. The predicted molar refractivity (Wildman–Crippen MR) is 116 cm³/mol. The molecule has 0 spiro atoms. The molecule has 0 aromatic heterocycles. The Hall–Kier alpha value is -2.69. The summed E-state index contributed by atoms with van der Waals surface area (Å²) in [6.07, 6.45) is 0.946. The van der Waals surface area contributed by atoms with Crippen molar-refractivity contribution in [1.82, 2.24) is 4.90 Å². The number of nitrogens with zero attached hydrogens (tertiary/aromatic N) is 1. The minimum absolute atomic E-state index is 0.00449. The highest BCUT2D eigenvalue weighted by Crippen LogP contribution is 2.49. The van der Waals surface area contributed by atoms with Gasteiger partial charge in [-0.25, -0.2) is 0 Å². The lowest BCUT2D eigenvalue weighted by Gasteiger charge is -2.47. The number of para-hydroxylation sites is 1. The van der Waals surface area contributed by atoms with Gasteiger partial charge < -0.3 is 14.8 Å². The average molecular weight is 407 g/mol. The van der Waals surface area contributed by atoms with Crippen molar-refractivity contribution in [3.05, 3.63) is 87.9 Å². The van der Waals surface area contributed by atoms with Crippen LogP contribution in [0.1, 0.15) is 34.5 Å².